The van der Waals surface area contributed by atoms with Crippen molar-refractivity contribution in [1.29, 1.82) is 0 Å². The number of carboxylic acid groups (broad SMARTS) is 4. The Hall–Kier alpha value is -4.07. The Kier molecular flexibility index (Phi) is 12.5. The van der Waals surface area contributed by atoms with Crippen LogP contribution in [-0.4, -0.2) is 69.8 Å². The van der Waals surface area contributed by atoms with Crippen molar-refractivity contribution >= 4 is 35.2 Å². The number of hydrogen-bond acceptors (Lipinski definition) is 8. The van der Waals surface area contributed by atoms with Gasteiger partial charge in [0.05, 0.1) is 18.2 Å². The monoisotopic (exact) mass is 524 g/mol. The largest absolute Gasteiger partial charge is 0.473 e. The SMILES string of the molecule is CN(C)C(CNCc1ccc(-c2ccccc2F)o1)c1cccs1.O=C(O)C(=O)O.O=C(O)C(=O)O. The molecule has 0 saturated heterocycles. The summed E-state index contributed by atoms with van der Waals surface area (Å²) in [6, 6.07) is 14.9. The number of hydrogen-bond donors (Lipinski definition) is 5. The van der Waals surface area contributed by atoms with Crippen molar-refractivity contribution in [2.24, 2.45) is 0 Å². The first kappa shape index (κ1) is 30.0. The van der Waals surface area contributed by atoms with Crippen LogP contribution in [0.1, 0.15) is 16.7 Å². The summed E-state index contributed by atoms with van der Waals surface area (Å²) < 4.78 is 19.6. The molecule has 2 heterocycles. The second-order valence-corrected chi connectivity index (χ2v) is 8.07. The van der Waals surface area contributed by atoms with Gasteiger partial charge in [-0.25, -0.2) is 23.6 Å². The van der Waals surface area contributed by atoms with Gasteiger partial charge >= 0.3 is 23.9 Å². The summed E-state index contributed by atoms with van der Waals surface area (Å²) in [6.07, 6.45) is 0. The molecule has 0 aliphatic rings. The highest BCUT2D eigenvalue weighted by molar-refractivity contribution is 7.10. The second-order valence-electron chi connectivity index (χ2n) is 7.09. The van der Waals surface area contributed by atoms with Crippen molar-refractivity contribution in [2.45, 2.75) is 12.6 Å². The number of likely N-dealkylation sites (N-methyl/N-ethyl adjacent to an activating group) is 1. The molecule has 5 N–H and O–H groups in total. The van der Waals surface area contributed by atoms with Crippen LogP contribution in [0.5, 0.6) is 0 Å². The van der Waals surface area contributed by atoms with Crippen molar-refractivity contribution in [3.8, 4) is 11.3 Å². The van der Waals surface area contributed by atoms with E-state index in [2.05, 4.69) is 41.8 Å². The number of nitrogens with one attached hydrogen (secondary N) is 1. The van der Waals surface area contributed by atoms with E-state index in [0.29, 0.717) is 23.9 Å². The maximum Gasteiger partial charge on any atom is 0.414 e. The van der Waals surface area contributed by atoms with Gasteiger partial charge < -0.3 is 35.1 Å². The first-order valence-electron chi connectivity index (χ1n) is 10.1. The molecule has 1 atom stereocenters. The number of nitrogens with zero attached hydrogens (tertiary/aromatic N) is 1. The topological polar surface area (TPSA) is 178 Å². The molecule has 194 valence electrons. The van der Waals surface area contributed by atoms with E-state index in [-0.39, 0.29) is 5.82 Å². The van der Waals surface area contributed by atoms with Gasteiger partial charge in [0, 0.05) is 11.4 Å². The van der Waals surface area contributed by atoms with Gasteiger partial charge in [0.1, 0.15) is 17.3 Å². The van der Waals surface area contributed by atoms with E-state index < -0.39 is 23.9 Å². The molecule has 0 aliphatic carbocycles. The van der Waals surface area contributed by atoms with Crippen molar-refractivity contribution in [2.75, 3.05) is 20.6 Å². The van der Waals surface area contributed by atoms with Gasteiger partial charge in [0.2, 0.25) is 0 Å². The van der Waals surface area contributed by atoms with Gasteiger partial charge in [-0.3, -0.25) is 0 Å². The normalized spacial score (nSPS) is 10.9. The van der Waals surface area contributed by atoms with E-state index in [1.54, 1.807) is 23.5 Å². The standard InChI is InChI=1S/C19H21FN2OS.2C2H2O4/c1-22(2)17(19-8-5-11-24-19)13-21-12-14-9-10-18(23-14)15-6-3-4-7-16(15)20;2*3-1(4)2(5)6/h3-11,17,21H,12-13H2,1-2H3;2*(H,3,4)(H,5,6). The Morgan fingerprint density at radius 3 is 1.97 bits per heavy atom. The molecule has 0 fully saturated rings. The molecule has 2 aromatic heterocycles. The Morgan fingerprint density at radius 1 is 0.917 bits per heavy atom. The van der Waals surface area contributed by atoms with Crippen molar-refractivity contribution in [1.82, 2.24) is 10.2 Å². The van der Waals surface area contributed by atoms with Gasteiger partial charge in [-0.2, -0.15) is 0 Å². The van der Waals surface area contributed by atoms with E-state index in [4.69, 9.17) is 44.0 Å². The number of aliphatic carboxylic acids is 4. The number of benzene rings is 1. The molecule has 0 spiro atoms. The summed E-state index contributed by atoms with van der Waals surface area (Å²) >= 11 is 1.76. The molecular weight excluding hydrogens is 499 g/mol. The highest BCUT2D eigenvalue weighted by Gasteiger charge is 2.15. The summed E-state index contributed by atoms with van der Waals surface area (Å²) in [4.78, 5) is 39.9. The number of carbonyl (C=O) groups is 4. The lowest BCUT2D eigenvalue weighted by atomic mass is 10.1. The summed E-state index contributed by atoms with van der Waals surface area (Å²) in [7, 11) is 4.16. The fraction of sp³-hybridized carbons (Fsp3) is 0.217. The number of carboxylic acids is 4. The first-order chi connectivity index (χ1) is 16.9. The number of rotatable bonds is 7. The minimum Gasteiger partial charge on any atom is -0.473 e. The smallest absolute Gasteiger partial charge is 0.414 e. The summed E-state index contributed by atoms with van der Waals surface area (Å²) in [5.41, 5.74) is 0.494. The quantitative estimate of drug-likeness (QED) is 0.287. The van der Waals surface area contributed by atoms with Crippen molar-refractivity contribution < 1.29 is 48.4 Å². The van der Waals surface area contributed by atoms with Crippen LogP contribution in [-0.2, 0) is 25.7 Å². The molecule has 36 heavy (non-hydrogen) atoms. The van der Waals surface area contributed by atoms with Crippen LogP contribution < -0.4 is 5.32 Å². The van der Waals surface area contributed by atoms with Gasteiger partial charge in [-0.15, -0.1) is 11.3 Å². The Balaban J connectivity index is 0.000000450. The number of halogens is 1. The zero-order valence-electron chi connectivity index (χ0n) is 19.3. The summed E-state index contributed by atoms with van der Waals surface area (Å²) in [5.74, 6) is -6.20. The highest BCUT2D eigenvalue weighted by Crippen LogP contribution is 2.25. The van der Waals surface area contributed by atoms with Crippen LogP contribution in [0.4, 0.5) is 4.39 Å². The lowest BCUT2D eigenvalue weighted by molar-refractivity contribution is -0.159. The van der Waals surface area contributed by atoms with Gasteiger partial charge in [0.25, 0.3) is 0 Å². The van der Waals surface area contributed by atoms with Crippen LogP contribution in [0, 0.1) is 5.82 Å². The molecule has 1 aromatic carbocycles. The molecule has 13 heteroatoms. The third-order valence-corrected chi connectivity index (χ3v) is 5.27. The fourth-order valence-corrected chi connectivity index (χ4v) is 3.55. The van der Waals surface area contributed by atoms with E-state index in [1.165, 1.54) is 10.9 Å². The highest BCUT2D eigenvalue weighted by atomic mass is 32.1. The lowest BCUT2D eigenvalue weighted by Crippen LogP contribution is -2.30. The maximum absolute atomic E-state index is 13.8. The third kappa shape index (κ3) is 10.5. The van der Waals surface area contributed by atoms with E-state index in [0.717, 1.165) is 12.3 Å². The Labute approximate surface area is 209 Å². The van der Waals surface area contributed by atoms with Gasteiger partial charge in [-0.05, 0) is 49.8 Å². The lowest BCUT2D eigenvalue weighted by Gasteiger charge is -2.23. The predicted octanol–water partition coefficient (Wildman–Crippen LogP) is 2.85. The summed E-state index contributed by atoms with van der Waals surface area (Å²) in [6.45, 7) is 1.44. The van der Waals surface area contributed by atoms with Crippen LogP contribution >= 0.6 is 11.3 Å². The third-order valence-electron chi connectivity index (χ3n) is 4.30. The average Bonchev–Trinajstić information content (AvgIpc) is 3.50. The van der Waals surface area contributed by atoms with E-state index >= 15 is 0 Å². The maximum atomic E-state index is 13.8. The molecule has 0 saturated carbocycles. The van der Waals surface area contributed by atoms with Crippen LogP contribution in [0.25, 0.3) is 11.3 Å². The number of furan rings is 1. The average molecular weight is 525 g/mol. The zero-order chi connectivity index (χ0) is 27.3. The molecule has 0 bridgehead atoms. The first-order valence-corrected chi connectivity index (χ1v) is 11.0. The van der Waals surface area contributed by atoms with Crippen LogP contribution in [0.15, 0.2) is 58.3 Å². The van der Waals surface area contributed by atoms with E-state index in [1.807, 2.05) is 18.2 Å². The second kappa shape index (κ2) is 15.0. The molecular formula is C23H25FN2O9S. The van der Waals surface area contributed by atoms with Crippen molar-refractivity contribution in [3.05, 3.63) is 70.4 Å². The molecule has 3 aromatic rings. The zero-order valence-corrected chi connectivity index (χ0v) is 20.1. The van der Waals surface area contributed by atoms with Crippen LogP contribution in [0.2, 0.25) is 0 Å². The van der Waals surface area contributed by atoms with Crippen molar-refractivity contribution in [3.63, 3.8) is 0 Å². The van der Waals surface area contributed by atoms with Crippen LogP contribution in [0.3, 0.4) is 0 Å². The van der Waals surface area contributed by atoms with Gasteiger partial charge in [0.15, 0.2) is 0 Å². The summed E-state index contributed by atoms with van der Waals surface area (Å²) in [5, 5.41) is 35.1. The molecule has 1 unspecified atom stereocenters. The predicted molar refractivity (Wildman–Crippen MR) is 127 cm³/mol. The fourth-order valence-electron chi connectivity index (χ4n) is 2.63. The Morgan fingerprint density at radius 2 is 1.50 bits per heavy atom. The number of thiophene rings is 1. The van der Waals surface area contributed by atoms with Gasteiger partial charge in [-0.1, -0.05) is 18.2 Å². The molecule has 0 aliphatic heterocycles. The molecule has 0 radical (unpaired) electrons. The minimum absolute atomic E-state index is 0.267. The Bertz CT molecular complexity index is 1100. The molecule has 3 rings (SSSR count). The minimum atomic E-state index is -1.82. The molecule has 0 amide bonds. The molecule has 11 nitrogen and oxygen atoms in total. The van der Waals surface area contributed by atoms with E-state index in [9.17, 15) is 4.39 Å².